The summed E-state index contributed by atoms with van der Waals surface area (Å²) in [4.78, 5) is 19.6. The van der Waals surface area contributed by atoms with Crippen molar-refractivity contribution in [3.05, 3.63) is 59.1 Å². The number of carbonyl (C=O) groups is 1. The quantitative estimate of drug-likeness (QED) is 0.716. The number of halogens is 1. The van der Waals surface area contributed by atoms with Crippen molar-refractivity contribution < 1.29 is 9.53 Å². The van der Waals surface area contributed by atoms with Gasteiger partial charge in [0.2, 0.25) is 0 Å². The van der Waals surface area contributed by atoms with Crippen molar-refractivity contribution in [2.24, 2.45) is 0 Å². The summed E-state index contributed by atoms with van der Waals surface area (Å²) in [6, 6.07) is 16.5. The number of nitrogens with zero attached hydrogens (tertiary/aromatic N) is 3. The molecule has 2 aromatic carbocycles. The van der Waals surface area contributed by atoms with Gasteiger partial charge in [-0.05, 0) is 67.8 Å². The Kier molecular flexibility index (Phi) is 6.76. The van der Waals surface area contributed by atoms with Gasteiger partial charge in [-0.1, -0.05) is 23.7 Å². The summed E-state index contributed by atoms with van der Waals surface area (Å²) < 4.78 is 6.25. The number of likely N-dealkylation sites (N-methyl/N-ethyl adjacent to an activating group) is 1. The number of anilines is 1. The van der Waals surface area contributed by atoms with Crippen LogP contribution in [0.25, 0.3) is 0 Å². The number of benzene rings is 2. The summed E-state index contributed by atoms with van der Waals surface area (Å²) in [5, 5.41) is 3.80. The van der Waals surface area contributed by atoms with E-state index in [1.54, 1.807) is 0 Å². The highest BCUT2D eigenvalue weighted by Gasteiger charge is 2.36. The number of amides is 2. The van der Waals surface area contributed by atoms with Gasteiger partial charge in [-0.3, -0.25) is 4.90 Å². The Morgan fingerprint density at radius 2 is 1.70 bits per heavy atom. The van der Waals surface area contributed by atoms with Gasteiger partial charge in [0.05, 0.1) is 0 Å². The van der Waals surface area contributed by atoms with E-state index in [0.29, 0.717) is 12.0 Å². The lowest BCUT2D eigenvalue weighted by molar-refractivity contribution is 0.122. The lowest BCUT2D eigenvalue weighted by Crippen LogP contribution is -2.48. The van der Waals surface area contributed by atoms with Crippen molar-refractivity contribution in [1.29, 1.82) is 0 Å². The van der Waals surface area contributed by atoms with Crippen molar-refractivity contribution in [1.82, 2.24) is 14.7 Å². The van der Waals surface area contributed by atoms with Crippen LogP contribution in [0, 0.1) is 0 Å². The zero-order valence-electron chi connectivity index (χ0n) is 19.3. The molecule has 1 N–H and O–H groups in total. The van der Waals surface area contributed by atoms with Gasteiger partial charge in [0.15, 0.2) is 0 Å². The van der Waals surface area contributed by atoms with E-state index in [9.17, 15) is 4.79 Å². The molecule has 0 unspecified atom stereocenters. The van der Waals surface area contributed by atoms with Gasteiger partial charge < -0.3 is 19.9 Å². The number of rotatable bonds is 4. The maximum atomic E-state index is 12.7. The molecule has 0 radical (unpaired) electrons. The molecular formula is C26H33ClN4O2. The molecule has 176 valence electrons. The van der Waals surface area contributed by atoms with Gasteiger partial charge in [0.1, 0.15) is 11.9 Å². The topological polar surface area (TPSA) is 48.1 Å². The molecular weight excluding hydrogens is 436 g/mol. The van der Waals surface area contributed by atoms with E-state index in [4.69, 9.17) is 16.3 Å². The van der Waals surface area contributed by atoms with Crippen molar-refractivity contribution in [3.63, 3.8) is 0 Å². The van der Waals surface area contributed by atoms with Crippen LogP contribution in [-0.2, 0) is 0 Å². The van der Waals surface area contributed by atoms with E-state index in [1.807, 2.05) is 41.3 Å². The van der Waals surface area contributed by atoms with Crippen LogP contribution < -0.4 is 10.1 Å². The Bertz CT molecular complexity index is 944. The average molecular weight is 469 g/mol. The molecule has 2 amide bonds. The first-order chi connectivity index (χ1) is 16.0. The van der Waals surface area contributed by atoms with E-state index < -0.39 is 0 Å². The van der Waals surface area contributed by atoms with Crippen LogP contribution >= 0.6 is 11.6 Å². The number of piperazine rings is 1. The lowest BCUT2D eigenvalue weighted by atomic mass is 9.89. The molecule has 6 nitrogen and oxygen atoms in total. The van der Waals surface area contributed by atoms with E-state index in [2.05, 4.69) is 34.3 Å². The monoisotopic (exact) mass is 468 g/mol. The highest BCUT2D eigenvalue weighted by atomic mass is 35.5. The maximum Gasteiger partial charge on any atom is 0.321 e. The minimum absolute atomic E-state index is 0.0324. The van der Waals surface area contributed by atoms with E-state index in [1.165, 1.54) is 5.56 Å². The number of fused-ring (bicyclic) bond motifs is 1. The van der Waals surface area contributed by atoms with Crippen molar-refractivity contribution in [2.45, 2.75) is 37.3 Å². The first kappa shape index (κ1) is 22.5. The molecule has 33 heavy (non-hydrogen) atoms. The Hall–Kier alpha value is -2.28. The molecule has 0 spiro atoms. The predicted molar refractivity (Wildman–Crippen MR) is 132 cm³/mol. The minimum atomic E-state index is -0.0324. The van der Waals surface area contributed by atoms with Gasteiger partial charge >= 0.3 is 6.03 Å². The van der Waals surface area contributed by atoms with Crippen LogP contribution in [0.5, 0.6) is 5.75 Å². The van der Waals surface area contributed by atoms with Gasteiger partial charge in [-0.15, -0.1) is 0 Å². The zero-order valence-corrected chi connectivity index (χ0v) is 20.0. The van der Waals surface area contributed by atoms with Crippen molar-refractivity contribution in [3.8, 4) is 5.75 Å². The van der Waals surface area contributed by atoms with Crippen LogP contribution in [0.4, 0.5) is 10.5 Å². The first-order valence-electron chi connectivity index (χ1n) is 12.0. The van der Waals surface area contributed by atoms with E-state index >= 15 is 0 Å². The van der Waals surface area contributed by atoms with Gasteiger partial charge in [0.25, 0.3) is 0 Å². The standard InChI is InChI=1S/C26H33ClN4O2/c1-29-14-15-31-18-25(16-23(31)17-29)33-24-8-6-22(7-9-24)28-26(32)30-12-10-20(11-13-30)19-2-4-21(27)5-3-19/h2-9,20,23,25H,10-18H2,1H3,(H,28,32)/t23-,25+/m0/s1. The summed E-state index contributed by atoms with van der Waals surface area (Å²) >= 11 is 6.00. The summed E-state index contributed by atoms with van der Waals surface area (Å²) in [6.45, 7) is 5.91. The van der Waals surface area contributed by atoms with Crippen LogP contribution in [0.1, 0.15) is 30.7 Å². The number of urea groups is 1. The SMILES string of the molecule is CN1CCN2C[C@H](Oc3ccc(NC(=O)N4CCC(c5ccc(Cl)cc5)CC4)cc3)C[C@H]2C1. The average Bonchev–Trinajstić information content (AvgIpc) is 3.22. The third kappa shape index (κ3) is 5.45. The largest absolute Gasteiger partial charge is 0.489 e. The number of hydrogen-bond acceptors (Lipinski definition) is 4. The molecule has 0 saturated carbocycles. The number of piperidine rings is 1. The fraction of sp³-hybridized carbons (Fsp3) is 0.500. The fourth-order valence-electron chi connectivity index (χ4n) is 5.40. The van der Waals surface area contributed by atoms with Crippen LogP contribution in [0.2, 0.25) is 5.02 Å². The molecule has 7 heteroatoms. The number of nitrogens with one attached hydrogen (secondary N) is 1. The second-order valence-corrected chi connectivity index (χ2v) is 10.1. The van der Waals surface area contributed by atoms with Gasteiger partial charge in [-0.2, -0.15) is 0 Å². The normalized spacial score (nSPS) is 24.5. The summed E-state index contributed by atoms with van der Waals surface area (Å²) in [5.74, 6) is 1.36. The summed E-state index contributed by atoms with van der Waals surface area (Å²) in [5.41, 5.74) is 2.11. The second-order valence-electron chi connectivity index (χ2n) is 9.65. The van der Waals surface area contributed by atoms with Crippen molar-refractivity contribution >= 4 is 23.3 Å². The molecule has 0 aliphatic carbocycles. The third-order valence-electron chi connectivity index (χ3n) is 7.31. The van der Waals surface area contributed by atoms with Crippen LogP contribution in [0.3, 0.4) is 0 Å². The minimum Gasteiger partial charge on any atom is -0.489 e. The summed E-state index contributed by atoms with van der Waals surface area (Å²) in [6.07, 6.45) is 3.26. The predicted octanol–water partition coefficient (Wildman–Crippen LogP) is 4.52. The molecule has 2 aromatic rings. The van der Waals surface area contributed by atoms with Gasteiger partial charge in [0, 0.05) is 62.4 Å². The highest BCUT2D eigenvalue weighted by molar-refractivity contribution is 6.30. The van der Waals surface area contributed by atoms with E-state index in [-0.39, 0.29) is 12.1 Å². The molecule has 0 aromatic heterocycles. The Balaban J connectivity index is 1.09. The second kappa shape index (κ2) is 9.92. The number of ether oxygens (including phenoxy) is 1. The lowest BCUT2D eigenvalue weighted by Gasteiger charge is -2.34. The Labute approximate surface area is 201 Å². The maximum absolute atomic E-state index is 12.7. The number of hydrogen-bond donors (Lipinski definition) is 1. The van der Waals surface area contributed by atoms with Gasteiger partial charge in [-0.25, -0.2) is 4.79 Å². The number of likely N-dealkylation sites (tertiary alicyclic amines) is 1. The molecule has 2 atom stereocenters. The molecule has 3 heterocycles. The number of carbonyl (C=O) groups excluding carboxylic acids is 1. The third-order valence-corrected chi connectivity index (χ3v) is 7.56. The fourth-order valence-corrected chi connectivity index (χ4v) is 5.53. The smallest absolute Gasteiger partial charge is 0.321 e. The zero-order chi connectivity index (χ0) is 22.8. The molecule has 3 saturated heterocycles. The van der Waals surface area contributed by atoms with Crippen LogP contribution in [0.15, 0.2) is 48.5 Å². The van der Waals surface area contributed by atoms with Crippen LogP contribution in [-0.4, -0.2) is 79.2 Å². The van der Waals surface area contributed by atoms with Crippen molar-refractivity contribution in [2.75, 3.05) is 51.6 Å². The molecule has 3 aliphatic rings. The Morgan fingerprint density at radius 1 is 0.970 bits per heavy atom. The Morgan fingerprint density at radius 3 is 2.42 bits per heavy atom. The van der Waals surface area contributed by atoms with E-state index in [0.717, 1.165) is 75.0 Å². The molecule has 5 rings (SSSR count). The molecule has 0 bridgehead atoms. The summed E-state index contributed by atoms with van der Waals surface area (Å²) in [7, 11) is 2.19. The molecule has 3 aliphatic heterocycles. The highest BCUT2D eigenvalue weighted by Crippen LogP contribution is 2.30. The molecule has 3 fully saturated rings. The first-order valence-corrected chi connectivity index (χ1v) is 12.4.